The molecule has 28 heavy (non-hydrogen) atoms. The van der Waals surface area contributed by atoms with Crippen LogP contribution in [-0.2, 0) is 14.8 Å². The highest BCUT2D eigenvalue weighted by Crippen LogP contribution is 2.22. The number of sulfonamides is 1. The van der Waals surface area contributed by atoms with Gasteiger partial charge in [-0.15, -0.1) is 0 Å². The molecule has 0 radical (unpaired) electrons. The van der Waals surface area contributed by atoms with Gasteiger partial charge in [-0.1, -0.05) is 12.8 Å². The van der Waals surface area contributed by atoms with E-state index in [4.69, 9.17) is 4.74 Å². The molecule has 1 atom stereocenters. The van der Waals surface area contributed by atoms with E-state index >= 15 is 0 Å². The molecule has 1 saturated carbocycles. The Balaban J connectivity index is 1.55. The van der Waals surface area contributed by atoms with Gasteiger partial charge < -0.3 is 10.1 Å². The van der Waals surface area contributed by atoms with Crippen LogP contribution in [0.1, 0.15) is 39.5 Å². The summed E-state index contributed by atoms with van der Waals surface area (Å²) in [5.41, 5.74) is 0. The monoisotopic (exact) mass is 409 g/mol. The number of hydrogen-bond donors (Lipinski definition) is 1. The van der Waals surface area contributed by atoms with Gasteiger partial charge in [0.2, 0.25) is 15.9 Å². The molecule has 0 unspecified atom stereocenters. The lowest BCUT2D eigenvalue weighted by molar-refractivity contribution is -0.127. The van der Waals surface area contributed by atoms with Gasteiger partial charge in [0.05, 0.1) is 17.5 Å². The van der Waals surface area contributed by atoms with Crippen LogP contribution in [0.25, 0.3) is 0 Å². The Bertz CT molecular complexity index is 752. The zero-order valence-corrected chi connectivity index (χ0v) is 17.6. The number of rotatable bonds is 7. The van der Waals surface area contributed by atoms with Gasteiger partial charge in [0.1, 0.15) is 5.75 Å². The third kappa shape index (κ3) is 4.85. The molecule has 156 valence electrons. The van der Waals surface area contributed by atoms with E-state index < -0.39 is 10.0 Å². The van der Waals surface area contributed by atoms with Crippen molar-refractivity contribution in [1.29, 1.82) is 0 Å². The third-order valence-electron chi connectivity index (χ3n) is 5.67. The first kappa shape index (κ1) is 21.1. The minimum absolute atomic E-state index is 0.0507. The maximum Gasteiger partial charge on any atom is 0.243 e. The van der Waals surface area contributed by atoms with Gasteiger partial charge in [0, 0.05) is 32.2 Å². The molecule has 1 amide bonds. The molecule has 0 spiro atoms. The minimum atomic E-state index is -3.53. The third-order valence-corrected chi connectivity index (χ3v) is 7.59. The van der Waals surface area contributed by atoms with Gasteiger partial charge >= 0.3 is 0 Å². The predicted octanol–water partition coefficient (Wildman–Crippen LogP) is 1.84. The van der Waals surface area contributed by atoms with Crippen molar-refractivity contribution in [3.8, 4) is 5.75 Å². The lowest BCUT2D eigenvalue weighted by Crippen LogP contribution is -2.55. The van der Waals surface area contributed by atoms with E-state index in [0.29, 0.717) is 44.6 Å². The van der Waals surface area contributed by atoms with Crippen LogP contribution in [0.4, 0.5) is 0 Å². The van der Waals surface area contributed by atoms with Crippen LogP contribution in [0.5, 0.6) is 5.75 Å². The molecule has 7 nitrogen and oxygen atoms in total. The molecule has 1 saturated heterocycles. The van der Waals surface area contributed by atoms with Crippen molar-refractivity contribution in [2.75, 3.05) is 32.8 Å². The fourth-order valence-electron chi connectivity index (χ4n) is 3.91. The minimum Gasteiger partial charge on any atom is -0.494 e. The SMILES string of the molecule is CCOc1ccc(S(=O)(=O)N2CCN([C@H](C)C(=O)NC3CCCC3)CC2)cc1. The highest BCUT2D eigenvalue weighted by atomic mass is 32.2. The number of ether oxygens (including phenoxy) is 1. The predicted molar refractivity (Wildman–Crippen MR) is 108 cm³/mol. The first-order chi connectivity index (χ1) is 13.4. The number of carbonyl (C=O) groups is 1. The highest BCUT2D eigenvalue weighted by Gasteiger charge is 2.32. The molecule has 1 heterocycles. The molecule has 1 aromatic rings. The molecule has 8 heteroatoms. The Morgan fingerprint density at radius 3 is 2.32 bits per heavy atom. The number of amides is 1. The second-order valence-corrected chi connectivity index (χ2v) is 9.45. The van der Waals surface area contributed by atoms with Crippen molar-refractivity contribution in [3.63, 3.8) is 0 Å². The Kier molecular flexibility index (Phi) is 6.95. The van der Waals surface area contributed by atoms with Crippen molar-refractivity contribution in [2.45, 2.75) is 56.5 Å². The fraction of sp³-hybridized carbons (Fsp3) is 0.650. The summed E-state index contributed by atoms with van der Waals surface area (Å²) >= 11 is 0. The molecule has 3 rings (SSSR count). The van der Waals surface area contributed by atoms with Crippen molar-refractivity contribution in [1.82, 2.24) is 14.5 Å². The summed E-state index contributed by atoms with van der Waals surface area (Å²) in [5, 5.41) is 3.13. The second-order valence-electron chi connectivity index (χ2n) is 7.51. The number of nitrogens with one attached hydrogen (secondary N) is 1. The van der Waals surface area contributed by atoms with Crippen LogP contribution >= 0.6 is 0 Å². The van der Waals surface area contributed by atoms with E-state index in [-0.39, 0.29) is 16.8 Å². The molecule has 1 aliphatic carbocycles. The molecule has 1 aromatic carbocycles. The molecule has 1 aliphatic heterocycles. The summed E-state index contributed by atoms with van der Waals surface area (Å²) in [6, 6.07) is 6.60. The van der Waals surface area contributed by atoms with Gasteiger partial charge in [-0.05, 0) is 51.0 Å². The van der Waals surface area contributed by atoms with Crippen LogP contribution in [0.2, 0.25) is 0 Å². The summed E-state index contributed by atoms with van der Waals surface area (Å²) in [7, 11) is -3.53. The zero-order valence-electron chi connectivity index (χ0n) is 16.8. The van der Waals surface area contributed by atoms with E-state index in [9.17, 15) is 13.2 Å². The van der Waals surface area contributed by atoms with E-state index in [2.05, 4.69) is 10.2 Å². The molecule has 0 aromatic heterocycles. The maximum atomic E-state index is 12.9. The van der Waals surface area contributed by atoms with Crippen molar-refractivity contribution in [3.05, 3.63) is 24.3 Å². The first-order valence-electron chi connectivity index (χ1n) is 10.2. The van der Waals surface area contributed by atoms with Crippen LogP contribution in [-0.4, -0.2) is 68.4 Å². The van der Waals surface area contributed by atoms with Gasteiger partial charge in [0.15, 0.2) is 0 Å². The first-order valence-corrected chi connectivity index (χ1v) is 11.6. The van der Waals surface area contributed by atoms with Crippen LogP contribution in [0, 0.1) is 0 Å². The summed E-state index contributed by atoms with van der Waals surface area (Å²) in [6.07, 6.45) is 4.49. The quantitative estimate of drug-likeness (QED) is 0.743. The number of benzene rings is 1. The van der Waals surface area contributed by atoms with E-state index in [1.807, 2.05) is 13.8 Å². The average molecular weight is 410 g/mol. The van der Waals surface area contributed by atoms with E-state index in [1.54, 1.807) is 24.3 Å². The standard InChI is InChI=1S/C20H31N3O4S/c1-3-27-18-8-10-19(11-9-18)28(25,26)23-14-12-22(13-15-23)16(2)20(24)21-17-6-4-5-7-17/h8-11,16-17H,3-7,12-15H2,1-2H3,(H,21,24)/t16-/m1/s1. The van der Waals surface area contributed by atoms with E-state index in [1.165, 1.54) is 17.1 Å². The topological polar surface area (TPSA) is 79.0 Å². The summed E-state index contributed by atoms with van der Waals surface area (Å²) in [6.45, 7) is 6.21. The van der Waals surface area contributed by atoms with Gasteiger partial charge in [0.25, 0.3) is 0 Å². The van der Waals surface area contributed by atoms with Gasteiger partial charge in [-0.3, -0.25) is 9.69 Å². The molecule has 0 bridgehead atoms. The molecule has 2 aliphatic rings. The number of hydrogen-bond acceptors (Lipinski definition) is 5. The highest BCUT2D eigenvalue weighted by molar-refractivity contribution is 7.89. The number of nitrogens with zero attached hydrogens (tertiary/aromatic N) is 2. The van der Waals surface area contributed by atoms with Crippen molar-refractivity contribution >= 4 is 15.9 Å². The summed E-state index contributed by atoms with van der Waals surface area (Å²) in [5.74, 6) is 0.711. The summed E-state index contributed by atoms with van der Waals surface area (Å²) in [4.78, 5) is 14.8. The van der Waals surface area contributed by atoms with E-state index in [0.717, 1.165) is 12.8 Å². The van der Waals surface area contributed by atoms with Gasteiger partial charge in [-0.2, -0.15) is 4.31 Å². The Labute approximate surface area is 168 Å². The van der Waals surface area contributed by atoms with Crippen LogP contribution in [0.15, 0.2) is 29.2 Å². The second kappa shape index (κ2) is 9.24. The molecular weight excluding hydrogens is 378 g/mol. The average Bonchev–Trinajstić information content (AvgIpc) is 3.21. The van der Waals surface area contributed by atoms with Gasteiger partial charge in [-0.25, -0.2) is 8.42 Å². The Morgan fingerprint density at radius 1 is 1.14 bits per heavy atom. The molecule has 1 N–H and O–H groups in total. The van der Waals surface area contributed by atoms with Crippen molar-refractivity contribution in [2.24, 2.45) is 0 Å². The smallest absolute Gasteiger partial charge is 0.243 e. The maximum absolute atomic E-state index is 12.9. The number of carbonyl (C=O) groups excluding carboxylic acids is 1. The largest absolute Gasteiger partial charge is 0.494 e. The van der Waals surface area contributed by atoms with Crippen molar-refractivity contribution < 1.29 is 17.9 Å². The normalized spacial score (nSPS) is 20.8. The Morgan fingerprint density at radius 2 is 1.75 bits per heavy atom. The zero-order chi connectivity index (χ0) is 20.1. The molecular formula is C20H31N3O4S. The lowest BCUT2D eigenvalue weighted by Gasteiger charge is -2.37. The lowest BCUT2D eigenvalue weighted by atomic mass is 10.2. The van der Waals surface area contributed by atoms with Crippen LogP contribution in [0.3, 0.4) is 0 Å². The molecule has 2 fully saturated rings. The fourth-order valence-corrected chi connectivity index (χ4v) is 5.33. The Hall–Kier alpha value is -1.64. The summed E-state index contributed by atoms with van der Waals surface area (Å²) < 4.78 is 32.6. The number of piperazine rings is 1. The van der Waals surface area contributed by atoms with Crippen LogP contribution < -0.4 is 10.1 Å².